The number of halogens is 1. The Balaban J connectivity index is 1.78. The number of nitrogens with zero attached hydrogens (tertiary/aromatic N) is 2. The van der Waals surface area contributed by atoms with E-state index in [1.807, 2.05) is 30.3 Å². The molecule has 0 aliphatic rings. The third-order valence-electron chi connectivity index (χ3n) is 7.05. The number of anilines is 1. The van der Waals surface area contributed by atoms with Gasteiger partial charge in [0.2, 0.25) is 11.8 Å². The third-order valence-corrected chi connectivity index (χ3v) is 9.07. The predicted octanol–water partition coefficient (Wildman–Crippen LogP) is 4.94. The number of rotatable bonds is 13. The second kappa shape index (κ2) is 14.8. The highest BCUT2D eigenvalue weighted by molar-refractivity contribution is 7.92. The molecule has 0 spiro atoms. The molecule has 0 saturated heterocycles. The van der Waals surface area contributed by atoms with E-state index in [1.54, 1.807) is 54.6 Å². The summed E-state index contributed by atoms with van der Waals surface area (Å²) in [6, 6.07) is 27.9. The SMILES string of the molecule is CNC(=O)C(Cc1ccccc1)N(Cc1ccc(Cl)cc1)C(=O)CN(c1ccccc1)S(=O)(=O)c1ccc(OC)c(OC)c1. The maximum absolute atomic E-state index is 14.3. The number of benzene rings is 4. The first kappa shape index (κ1) is 32.4. The Hall–Kier alpha value is -4.54. The number of hydrogen-bond donors (Lipinski definition) is 1. The van der Waals surface area contributed by atoms with Gasteiger partial charge in [-0.2, -0.15) is 0 Å². The van der Waals surface area contributed by atoms with E-state index in [0.717, 1.165) is 15.4 Å². The Morgan fingerprint density at radius 3 is 2.02 bits per heavy atom. The van der Waals surface area contributed by atoms with Gasteiger partial charge >= 0.3 is 0 Å². The minimum absolute atomic E-state index is 0.0416. The maximum atomic E-state index is 14.3. The van der Waals surface area contributed by atoms with Crippen molar-refractivity contribution in [3.63, 3.8) is 0 Å². The fourth-order valence-corrected chi connectivity index (χ4v) is 6.29. The van der Waals surface area contributed by atoms with E-state index in [9.17, 15) is 18.0 Å². The molecule has 4 aromatic carbocycles. The topological polar surface area (TPSA) is 105 Å². The second-order valence-electron chi connectivity index (χ2n) is 9.83. The molecule has 4 aromatic rings. The van der Waals surface area contributed by atoms with E-state index >= 15 is 0 Å². The summed E-state index contributed by atoms with van der Waals surface area (Å²) in [4.78, 5) is 29.0. The van der Waals surface area contributed by atoms with Crippen LogP contribution < -0.4 is 19.1 Å². The van der Waals surface area contributed by atoms with Gasteiger partial charge in [-0.05, 0) is 47.5 Å². The Kier molecular flexibility index (Phi) is 10.9. The summed E-state index contributed by atoms with van der Waals surface area (Å²) in [7, 11) is 0.0689. The smallest absolute Gasteiger partial charge is 0.264 e. The average Bonchev–Trinajstić information content (AvgIpc) is 3.06. The lowest BCUT2D eigenvalue weighted by atomic mass is 10.0. The van der Waals surface area contributed by atoms with Crippen LogP contribution in [-0.2, 0) is 32.6 Å². The molecular formula is C33H34ClN3O6S. The zero-order chi connectivity index (χ0) is 31.7. The molecule has 1 unspecified atom stereocenters. The van der Waals surface area contributed by atoms with Gasteiger partial charge in [-0.3, -0.25) is 13.9 Å². The lowest BCUT2D eigenvalue weighted by Crippen LogP contribution is -2.53. The molecule has 11 heteroatoms. The van der Waals surface area contributed by atoms with Gasteiger partial charge < -0.3 is 19.7 Å². The van der Waals surface area contributed by atoms with Crippen molar-refractivity contribution in [2.45, 2.75) is 23.9 Å². The molecule has 1 atom stereocenters. The first-order valence-electron chi connectivity index (χ1n) is 13.8. The van der Waals surface area contributed by atoms with Crippen LogP contribution in [0.15, 0.2) is 108 Å². The predicted molar refractivity (Wildman–Crippen MR) is 171 cm³/mol. The van der Waals surface area contributed by atoms with Crippen LogP contribution in [-0.4, -0.2) is 59.0 Å². The number of ether oxygens (including phenoxy) is 2. The van der Waals surface area contributed by atoms with Crippen LogP contribution in [0.2, 0.25) is 5.02 Å². The summed E-state index contributed by atoms with van der Waals surface area (Å²) in [5.74, 6) is -0.375. The van der Waals surface area contributed by atoms with Gasteiger partial charge in [0.25, 0.3) is 10.0 Å². The van der Waals surface area contributed by atoms with E-state index < -0.39 is 28.5 Å². The molecule has 0 fully saturated rings. The molecule has 0 aromatic heterocycles. The molecule has 0 heterocycles. The fourth-order valence-electron chi connectivity index (χ4n) is 4.73. The molecule has 2 amide bonds. The first-order valence-corrected chi connectivity index (χ1v) is 15.6. The first-order chi connectivity index (χ1) is 21.2. The monoisotopic (exact) mass is 635 g/mol. The van der Waals surface area contributed by atoms with Crippen molar-refractivity contribution in [2.24, 2.45) is 0 Å². The normalized spacial score (nSPS) is 11.7. The highest BCUT2D eigenvalue weighted by Crippen LogP contribution is 2.32. The Labute approximate surface area is 263 Å². The largest absolute Gasteiger partial charge is 0.493 e. The van der Waals surface area contributed by atoms with E-state index in [-0.39, 0.29) is 35.2 Å². The van der Waals surface area contributed by atoms with Gasteiger partial charge in [0, 0.05) is 31.1 Å². The van der Waals surface area contributed by atoms with Crippen molar-refractivity contribution in [2.75, 3.05) is 32.1 Å². The van der Waals surface area contributed by atoms with E-state index in [4.69, 9.17) is 21.1 Å². The minimum Gasteiger partial charge on any atom is -0.493 e. The van der Waals surface area contributed by atoms with Crippen LogP contribution >= 0.6 is 11.6 Å². The van der Waals surface area contributed by atoms with E-state index in [0.29, 0.717) is 10.8 Å². The Bertz CT molecular complexity index is 1670. The molecule has 1 N–H and O–H groups in total. The van der Waals surface area contributed by atoms with Crippen LogP contribution in [0.1, 0.15) is 11.1 Å². The molecule has 44 heavy (non-hydrogen) atoms. The summed E-state index contributed by atoms with van der Waals surface area (Å²) >= 11 is 6.10. The molecular weight excluding hydrogens is 602 g/mol. The highest BCUT2D eigenvalue weighted by Gasteiger charge is 2.34. The van der Waals surface area contributed by atoms with Crippen LogP contribution in [0.4, 0.5) is 5.69 Å². The molecule has 0 aliphatic carbocycles. The van der Waals surface area contributed by atoms with Crippen molar-refractivity contribution in [3.05, 3.63) is 119 Å². The van der Waals surface area contributed by atoms with Gasteiger partial charge in [-0.1, -0.05) is 72.3 Å². The molecule has 4 rings (SSSR count). The van der Waals surface area contributed by atoms with Gasteiger partial charge in [-0.25, -0.2) is 8.42 Å². The number of methoxy groups -OCH3 is 2. The number of likely N-dealkylation sites (N-methyl/N-ethyl adjacent to an activating group) is 1. The standard InChI is InChI=1S/C33H34ClN3O6S/c1-35-33(39)29(20-24-10-6-4-7-11-24)36(22-25-14-16-26(34)17-15-25)32(38)23-37(27-12-8-5-9-13-27)44(40,41)28-18-19-30(42-2)31(21-28)43-3/h4-19,21,29H,20,22-23H2,1-3H3,(H,35,39). The van der Waals surface area contributed by atoms with Crippen molar-refractivity contribution in [1.82, 2.24) is 10.2 Å². The Morgan fingerprint density at radius 2 is 1.43 bits per heavy atom. The maximum Gasteiger partial charge on any atom is 0.264 e. The number of carbonyl (C=O) groups excluding carboxylic acids is 2. The van der Waals surface area contributed by atoms with E-state index in [2.05, 4.69) is 5.32 Å². The van der Waals surface area contributed by atoms with Gasteiger partial charge in [0.05, 0.1) is 24.8 Å². The molecule has 230 valence electrons. The van der Waals surface area contributed by atoms with Gasteiger partial charge in [0.15, 0.2) is 11.5 Å². The number of sulfonamides is 1. The molecule has 0 saturated carbocycles. The van der Waals surface area contributed by atoms with Gasteiger partial charge in [-0.15, -0.1) is 0 Å². The van der Waals surface area contributed by atoms with Crippen LogP contribution in [0.25, 0.3) is 0 Å². The Morgan fingerprint density at radius 1 is 0.818 bits per heavy atom. The number of carbonyl (C=O) groups is 2. The van der Waals surface area contributed by atoms with Crippen molar-refractivity contribution < 1.29 is 27.5 Å². The number of hydrogen-bond acceptors (Lipinski definition) is 6. The zero-order valence-electron chi connectivity index (χ0n) is 24.6. The molecule has 0 bridgehead atoms. The van der Waals surface area contributed by atoms with Crippen molar-refractivity contribution >= 4 is 39.1 Å². The third kappa shape index (κ3) is 7.69. The average molecular weight is 636 g/mol. The van der Waals surface area contributed by atoms with Crippen molar-refractivity contribution in [3.8, 4) is 11.5 Å². The fraction of sp³-hybridized carbons (Fsp3) is 0.212. The zero-order valence-corrected chi connectivity index (χ0v) is 26.2. The van der Waals surface area contributed by atoms with Crippen LogP contribution in [0.5, 0.6) is 11.5 Å². The molecule has 0 radical (unpaired) electrons. The quantitative estimate of drug-likeness (QED) is 0.223. The highest BCUT2D eigenvalue weighted by atomic mass is 35.5. The number of amides is 2. The summed E-state index contributed by atoms with van der Waals surface area (Å²) in [6.07, 6.45) is 0.216. The number of nitrogens with one attached hydrogen (secondary N) is 1. The van der Waals surface area contributed by atoms with Crippen LogP contribution in [0.3, 0.4) is 0 Å². The lowest BCUT2D eigenvalue weighted by molar-refractivity contribution is -0.139. The van der Waals surface area contributed by atoms with Crippen LogP contribution in [0, 0.1) is 0 Å². The summed E-state index contributed by atoms with van der Waals surface area (Å²) in [5.41, 5.74) is 1.84. The van der Waals surface area contributed by atoms with Gasteiger partial charge in [0.1, 0.15) is 12.6 Å². The van der Waals surface area contributed by atoms with Crippen molar-refractivity contribution in [1.29, 1.82) is 0 Å². The van der Waals surface area contributed by atoms with E-state index in [1.165, 1.54) is 44.4 Å². The number of para-hydroxylation sites is 1. The summed E-state index contributed by atoms with van der Waals surface area (Å²) in [5, 5.41) is 3.19. The lowest BCUT2D eigenvalue weighted by Gasteiger charge is -2.33. The summed E-state index contributed by atoms with van der Waals surface area (Å²) < 4.78 is 40.0. The molecule has 0 aliphatic heterocycles. The molecule has 9 nitrogen and oxygen atoms in total. The summed E-state index contributed by atoms with van der Waals surface area (Å²) in [6.45, 7) is -0.531. The second-order valence-corrected chi connectivity index (χ2v) is 12.1. The minimum atomic E-state index is -4.30.